The van der Waals surface area contributed by atoms with Crippen LogP contribution < -0.4 is 10.0 Å². The summed E-state index contributed by atoms with van der Waals surface area (Å²) in [4.78, 5) is 22.8. The molecule has 0 saturated carbocycles. The third kappa shape index (κ3) is 5.50. The minimum Gasteiger partial charge on any atom is -0.480 e. The van der Waals surface area contributed by atoms with Gasteiger partial charge in [0.2, 0.25) is 10.0 Å². The largest absolute Gasteiger partial charge is 0.480 e. The number of amides is 2. The van der Waals surface area contributed by atoms with E-state index in [-0.39, 0.29) is 19.1 Å². The van der Waals surface area contributed by atoms with E-state index in [0.717, 1.165) is 6.92 Å². The van der Waals surface area contributed by atoms with E-state index in [9.17, 15) is 18.0 Å². The molecule has 17 heavy (non-hydrogen) atoms. The van der Waals surface area contributed by atoms with E-state index < -0.39 is 21.2 Å². The monoisotopic (exact) mass is 267 g/mol. The van der Waals surface area contributed by atoms with E-state index >= 15 is 0 Å². The molecule has 0 aliphatic rings. The summed E-state index contributed by atoms with van der Waals surface area (Å²) in [6.45, 7) is 1.10. The standard InChI is InChI=1S/C8H17N3O5S/c1-6(7(12)13)17(15,16)10-5-4-9-8(14)11(2)3/h6,10H,4-5H2,1-3H3,(H,9,14)(H,12,13). The summed E-state index contributed by atoms with van der Waals surface area (Å²) < 4.78 is 24.8. The lowest BCUT2D eigenvalue weighted by Crippen LogP contribution is -2.43. The van der Waals surface area contributed by atoms with Crippen LogP contribution in [0.3, 0.4) is 0 Å². The second-order valence-electron chi connectivity index (χ2n) is 3.55. The molecule has 0 aliphatic carbocycles. The molecule has 0 bridgehead atoms. The van der Waals surface area contributed by atoms with E-state index in [1.54, 1.807) is 14.1 Å². The molecule has 0 radical (unpaired) electrons. The fourth-order valence-corrected chi connectivity index (χ4v) is 1.68. The van der Waals surface area contributed by atoms with Crippen LogP contribution in [0.5, 0.6) is 0 Å². The minimum absolute atomic E-state index is 0.0560. The minimum atomic E-state index is -3.89. The Morgan fingerprint density at radius 1 is 1.29 bits per heavy atom. The second-order valence-corrected chi connectivity index (χ2v) is 5.63. The molecule has 0 spiro atoms. The number of nitrogens with one attached hydrogen (secondary N) is 2. The lowest BCUT2D eigenvalue weighted by Gasteiger charge is -2.13. The van der Waals surface area contributed by atoms with E-state index in [1.807, 2.05) is 0 Å². The summed E-state index contributed by atoms with van der Waals surface area (Å²) in [5.41, 5.74) is 0. The van der Waals surface area contributed by atoms with Crippen LogP contribution in [0.2, 0.25) is 0 Å². The summed E-state index contributed by atoms with van der Waals surface area (Å²) in [5.74, 6) is -1.42. The molecular weight excluding hydrogens is 250 g/mol. The lowest BCUT2D eigenvalue weighted by molar-refractivity contribution is -0.136. The highest BCUT2D eigenvalue weighted by atomic mass is 32.2. The molecule has 0 aromatic heterocycles. The number of rotatable bonds is 6. The van der Waals surface area contributed by atoms with Crippen molar-refractivity contribution in [2.75, 3.05) is 27.2 Å². The average Bonchev–Trinajstić information content (AvgIpc) is 2.22. The van der Waals surface area contributed by atoms with Crippen LogP contribution in [0, 0.1) is 0 Å². The Kier molecular flexibility index (Phi) is 5.89. The van der Waals surface area contributed by atoms with Gasteiger partial charge in [-0.3, -0.25) is 4.79 Å². The molecule has 2 amide bonds. The number of sulfonamides is 1. The molecule has 9 heteroatoms. The zero-order valence-corrected chi connectivity index (χ0v) is 10.7. The number of carbonyl (C=O) groups excluding carboxylic acids is 1. The maximum Gasteiger partial charge on any atom is 0.323 e. The third-order valence-electron chi connectivity index (χ3n) is 1.92. The maximum atomic E-state index is 11.3. The average molecular weight is 267 g/mol. The zero-order chi connectivity index (χ0) is 13.6. The fourth-order valence-electron chi connectivity index (χ4n) is 0.779. The molecule has 100 valence electrons. The number of nitrogens with zero attached hydrogens (tertiary/aromatic N) is 1. The van der Waals surface area contributed by atoms with Gasteiger partial charge in [0.15, 0.2) is 5.25 Å². The SMILES string of the molecule is CC(C(=O)O)S(=O)(=O)NCCNC(=O)N(C)C. The molecule has 3 N–H and O–H groups in total. The summed E-state index contributed by atoms with van der Waals surface area (Å²) >= 11 is 0. The summed E-state index contributed by atoms with van der Waals surface area (Å²) in [6, 6.07) is -0.351. The first-order valence-corrected chi connectivity index (χ1v) is 6.39. The summed E-state index contributed by atoms with van der Waals surface area (Å²) in [7, 11) is -0.797. The van der Waals surface area contributed by atoms with Gasteiger partial charge in [0.25, 0.3) is 0 Å². The molecule has 0 rings (SSSR count). The van der Waals surface area contributed by atoms with Crippen LogP contribution in [0.25, 0.3) is 0 Å². The van der Waals surface area contributed by atoms with Gasteiger partial charge in [0.1, 0.15) is 0 Å². The first-order chi connectivity index (χ1) is 7.68. The van der Waals surface area contributed by atoms with Gasteiger partial charge in [-0.2, -0.15) is 0 Å². The van der Waals surface area contributed by atoms with Crippen LogP contribution in [-0.2, 0) is 14.8 Å². The van der Waals surface area contributed by atoms with Gasteiger partial charge in [-0.1, -0.05) is 0 Å². The first-order valence-electron chi connectivity index (χ1n) is 4.85. The van der Waals surface area contributed by atoms with Gasteiger partial charge in [-0.15, -0.1) is 0 Å². The highest BCUT2D eigenvalue weighted by Gasteiger charge is 2.26. The molecule has 1 unspecified atom stereocenters. The van der Waals surface area contributed by atoms with Gasteiger partial charge in [0, 0.05) is 27.2 Å². The van der Waals surface area contributed by atoms with Gasteiger partial charge >= 0.3 is 12.0 Å². The molecule has 0 aromatic rings. The highest BCUT2D eigenvalue weighted by Crippen LogP contribution is 1.97. The van der Waals surface area contributed by atoms with Gasteiger partial charge in [-0.25, -0.2) is 17.9 Å². The Hall–Kier alpha value is -1.35. The molecular formula is C8H17N3O5S. The number of hydrogen-bond donors (Lipinski definition) is 3. The molecule has 1 atom stereocenters. The molecule has 0 aromatic carbocycles. The van der Waals surface area contributed by atoms with Crippen LogP contribution in [0.1, 0.15) is 6.92 Å². The number of carboxylic acids is 1. The zero-order valence-electron chi connectivity index (χ0n) is 9.93. The Bertz CT molecular complexity index is 379. The Labute approximate surface area is 100 Å². The van der Waals surface area contributed by atoms with E-state index in [1.165, 1.54) is 4.90 Å². The topological polar surface area (TPSA) is 116 Å². The molecule has 0 fully saturated rings. The van der Waals surface area contributed by atoms with Crippen molar-refractivity contribution in [1.82, 2.24) is 14.9 Å². The maximum absolute atomic E-state index is 11.3. The summed E-state index contributed by atoms with van der Waals surface area (Å²) in [5, 5.41) is 9.45. The number of carbonyl (C=O) groups is 2. The predicted octanol–water partition coefficient (Wildman–Crippen LogP) is -1.35. The van der Waals surface area contributed by atoms with Crippen LogP contribution in [0.4, 0.5) is 4.79 Å². The number of urea groups is 1. The normalized spacial score (nSPS) is 12.9. The van der Waals surface area contributed by atoms with E-state index in [0.29, 0.717) is 0 Å². The number of carboxylic acid groups (broad SMARTS) is 1. The van der Waals surface area contributed by atoms with Crippen molar-refractivity contribution in [3.63, 3.8) is 0 Å². The Morgan fingerprint density at radius 3 is 2.24 bits per heavy atom. The van der Waals surface area contributed by atoms with Gasteiger partial charge in [0.05, 0.1) is 0 Å². The van der Waals surface area contributed by atoms with Crippen LogP contribution >= 0.6 is 0 Å². The van der Waals surface area contributed by atoms with Crippen molar-refractivity contribution in [1.29, 1.82) is 0 Å². The second kappa shape index (κ2) is 6.40. The van der Waals surface area contributed by atoms with Crippen LogP contribution in [-0.4, -0.2) is 62.9 Å². The molecule has 0 saturated heterocycles. The highest BCUT2D eigenvalue weighted by molar-refractivity contribution is 7.90. The lowest BCUT2D eigenvalue weighted by atomic mass is 10.5. The smallest absolute Gasteiger partial charge is 0.323 e. The van der Waals surface area contributed by atoms with Crippen LogP contribution in [0.15, 0.2) is 0 Å². The van der Waals surface area contributed by atoms with E-state index in [2.05, 4.69) is 10.0 Å². The quantitative estimate of drug-likeness (QED) is 0.515. The van der Waals surface area contributed by atoms with Crippen molar-refractivity contribution < 1.29 is 23.1 Å². The number of aliphatic carboxylic acids is 1. The predicted molar refractivity (Wildman–Crippen MR) is 61.1 cm³/mol. The summed E-state index contributed by atoms with van der Waals surface area (Å²) in [6.07, 6.45) is 0. The van der Waals surface area contributed by atoms with Gasteiger partial charge < -0.3 is 15.3 Å². The third-order valence-corrected chi connectivity index (χ3v) is 3.66. The number of hydrogen-bond acceptors (Lipinski definition) is 4. The van der Waals surface area contributed by atoms with Crippen molar-refractivity contribution in [3.05, 3.63) is 0 Å². The molecule has 0 heterocycles. The van der Waals surface area contributed by atoms with Gasteiger partial charge in [-0.05, 0) is 6.92 Å². The molecule has 8 nitrogen and oxygen atoms in total. The molecule has 0 aliphatic heterocycles. The van der Waals surface area contributed by atoms with Crippen molar-refractivity contribution in [2.45, 2.75) is 12.2 Å². The fraction of sp³-hybridized carbons (Fsp3) is 0.750. The van der Waals surface area contributed by atoms with E-state index in [4.69, 9.17) is 5.11 Å². The Morgan fingerprint density at radius 2 is 1.82 bits per heavy atom. The Balaban J connectivity index is 4.05. The van der Waals surface area contributed by atoms with Crippen molar-refractivity contribution in [3.8, 4) is 0 Å². The van der Waals surface area contributed by atoms with Crippen molar-refractivity contribution in [2.24, 2.45) is 0 Å². The van der Waals surface area contributed by atoms with Crippen molar-refractivity contribution >= 4 is 22.0 Å². The first kappa shape index (κ1) is 15.7.